The molecule has 8 rings (SSSR count). The van der Waals surface area contributed by atoms with Crippen molar-refractivity contribution in [1.29, 1.82) is 0 Å². The van der Waals surface area contributed by atoms with Crippen LogP contribution >= 0.6 is 0 Å². The fourth-order valence-electron chi connectivity index (χ4n) is 18.2. The third kappa shape index (κ3) is 9.40. The first kappa shape index (κ1) is 48.4. The molecule has 6 saturated carbocycles. The lowest BCUT2D eigenvalue weighted by Crippen LogP contribution is -2.51. The molecule has 0 aromatic rings. The zero-order valence-corrected chi connectivity index (χ0v) is 42.8. The van der Waals surface area contributed by atoms with Crippen LogP contribution in [0.3, 0.4) is 0 Å². The lowest BCUT2D eigenvalue weighted by Gasteiger charge is -2.58. The van der Waals surface area contributed by atoms with Gasteiger partial charge in [-0.05, 0) is 183 Å². The molecule has 0 radical (unpaired) electrons. The first-order chi connectivity index (χ1) is 30.5. The molecule has 0 amide bonds. The largest absolute Gasteiger partial charge is 0.461 e. The average Bonchev–Trinajstić information content (AvgIpc) is 3.79. The number of fused-ring (bicyclic) bond motifs is 10. The van der Waals surface area contributed by atoms with Gasteiger partial charge in [-0.15, -0.1) is 0 Å². The maximum atomic E-state index is 13.1. The van der Waals surface area contributed by atoms with Gasteiger partial charge in [-0.3, -0.25) is 9.59 Å². The fraction of sp³-hybridized carbons (Fsp3) is 0.867. The molecule has 64 heavy (non-hydrogen) atoms. The van der Waals surface area contributed by atoms with Crippen molar-refractivity contribution in [2.24, 2.45) is 92.7 Å². The Balaban J connectivity index is 0.772. The van der Waals surface area contributed by atoms with Crippen molar-refractivity contribution < 1.29 is 19.1 Å². The molecule has 8 aliphatic rings. The highest BCUT2D eigenvalue weighted by Crippen LogP contribution is 2.69. The van der Waals surface area contributed by atoms with Crippen LogP contribution in [0, 0.1) is 105 Å². The van der Waals surface area contributed by atoms with Crippen LogP contribution in [0.25, 0.3) is 0 Å². The SMILES string of the molecule is CC(C)CCCC(C)C1CCC2C3CC=C4CC(OC(=O)CC#CCC(=O)OC5CCC6(C)C(=CCC7C6CCC6(C)C(C(C)CCCC(C)C)CCC76)C5)CCC4(C)C3CCC12C. The number of hydrogen-bond acceptors (Lipinski definition) is 4. The summed E-state index contributed by atoms with van der Waals surface area (Å²) in [7, 11) is 0. The highest BCUT2D eigenvalue weighted by Gasteiger charge is 2.61. The summed E-state index contributed by atoms with van der Waals surface area (Å²) < 4.78 is 12.2. The molecule has 358 valence electrons. The highest BCUT2D eigenvalue weighted by atomic mass is 16.5. The van der Waals surface area contributed by atoms with Crippen LogP contribution in [-0.2, 0) is 19.1 Å². The van der Waals surface area contributed by atoms with Gasteiger partial charge in [0.05, 0.1) is 0 Å². The van der Waals surface area contributed by atoms with Gasteiger partial charge in [0.25, 0.3) is 0 Å². The first-order valence-corrected chi connectivity index (χ1v) is 27.7. The minimum Gasteiger partial charge on any atom is -0.461 e. The van der Waals surface area contributed by atoms with Gasteiger partial charge in [-0.25, -0.2) is 0 Å². The number of allylic oxidation sites excluding steroid dienone is 2. The summed E-state index contributed by atoms with van der Waals surface area (Å²) in [6.45, 7) is 25.1. The number of ether oxygens (including phenoxy) is 2. The zero-order chi connectivity index (χ0) is 45.6. The molecule has 0 saturated heterocycles. The van der Waals surface area contributed by atoms with Gasteiger partial charge in [0.1, 0.15) is 25.0 Å². The number of esters is 2. The van der Waals surface area contributed by atoms with E-state index in [0.717, 1.165) is 110 Å². The van der Waals surface area contributed by atoms with Gasteiger partial charge in [0.15, 0.2) is 0 Å². The lowest BCUT2D eigenvalue weighted by molar-refractivity contribution is -0.151. The van der Waals surface area contributed by atoms with Gasteiger partial charge in [0.2, 0.25) is 0 Å². The van der Waals surface area contributed by atoms with Gasteiger partial charge in [0, 0.05) is 12.8 Å². The second kappa shape index (κ2) is 19.5. The summed E-state index contributed by atoms with van der Waals surface area (Å²) in [6.07, 6.45) is 33.0. The summed E-state index contributed by atoms with van der Waals surface area (Å²) in [5.41, 5.74) is 4.60. The molecule has 0 N–H and O–H groups in total. The van der Waals surface area contributed by atoms with E-state index in [9.17, 15) is 9.59 Å². The van der Waals surface area contributed by atoms with E-state index in [0.29, 0.717) is 10.8 Å². The van der Waals surface area contributed by atoms with E-state index in [-0.39, 0.29) is 47.8 Å². The van der Waals surface area contributed by atoms with E-state index in [4.69, 9.17) is 9.47 Å². The second-order valence-electron chi connectivity index (χ2n) is 26.0. The Morgan fingerprint density at radius 3 is 1.34 bits per heavy atom. The van der Waals surface area contributed by atoms with Crippen molar-refractivity contribution in [3.05, 3.63) is 23.3 Å². The van der Waals surface area contributed by atoms with E-state index >= 15 is 0 Å². The molecule has 0 bridgehead atoms. The predicted molar refractivity (Wildman–Crippen MR) is 263 cm³/mol. The van der Waals surface area contributed by atoms with Crippen LogP contribution in [0.5, 0.6) is 0 Å². The molecule has 16 unspecified atom stereocenters. The Morgan fingerprint density at radius 1 is 0.547 bits per heavy atom. The molecule has 8 aliphatic carbocycles. The van der Waals surface area contributed by atoms with E-state index in [1.54, 1.807) is 11.1 Å². The number of hydrogen-bond donors (Lipinski definition) is 0. The summed E-state index contributed by atoms with van der Waals surface area (Å²) in [6, 6.07) is 0. The third-order valence-corrected chi connectivity index (χ3v) is 21.7. The van der Waals surface area contributed by atoms with Crippen molar-refractivity contribution in [3.8, 4) is 11.8 Å². The van der Waals surface area contributed by atoms with Crippen molar-refractivity contribution in [2.75, 3.05) is 0 Å². The zero-order valence-electron chi connectivity index (χ0n) is 42.8. The van der Waals surface area contributed by atoms with Crippen LogP contribution < -0.4 is 0 Å². The summed E-state index contributed by atoms with van der Waals surface area (Å²) in [4.78, 5) is 26.1. The maximum Gasteiger partial charge on any atom is 0.318 e. The van der Waals surface area contributed by atoms with E-state index in [1.165, 1.54) is 103 Å². The van der Waals surface area contributed by atoms with Crippen LogP contribution in [0.15, 0.2) is 23.3 Å². The van der Waals surface area contributed by atoms with Crippen LogP contribution in [0.2, 0.25) is 0 Å². The average molecular weight is 879 g/mol. The van der Waals surface area contributed by atoms with Crippen LogP contribution in [-0.4, -0.2) is 24.1 Å². The van der Waals surface area contributed by atoms with Gasteiger partial charge in [-0.2, -0.15) is 0 Å². The predicted octanol–water partition coefficient (Wildman–Crippen LogP) is 15.7. The minimum atomic E-state index is -0.252. The topological polar surface area (TPSA) is 52.6 Å². The van der Waals surface area contributed by atoms with E-state index < -0.39 is 0 Å². The van der Waals surface area contributed by atoms with Gasteiger partial charge >= 0.3 is 11.9 Å². The molecule has 16 atom stereocenters. The first-order valence-electron chi connectivity index (χ1n) is 27.7. The van der Waals surface area contributed by atoms with Crippen LogP contribution in [0.4, 0.5) is 0 Å². The molecule has 0 heterocycles. The summed E-state index contributed by atoms with van der Waals surface area (Å²) >= 11 is 0. The molecule has 4 nitrogen and oxygen atoms in total. The number of rotatable bonds is 14. The third-order valence-electron chi connectivity index (χ3n) is 21.7. The van der Waals surface area contributed by atoms with Gasteiger partial charge < -0.3 is 9.47 Å². The van der Waals surface area contributed by atoms with Crippen molar-refractivity contribution in [1.82, 2.24) is 0 Å². The number of carbonyl (C=O) groups is 2. The second-order valence-corrected chi connectivity index (χ2v) is 26.0. The highest BCUT2D eigenvalue weighted by molar-refractivity contribution is 5.75. The molecular formula is C60H94O4. The maximum absolute atomic E-state index is 13.1. The number of carbonyl (C=O) groups excluding carboxylic acids is 2. The van der Waals surface area contributed by atoms with E-state index in [1.807, 2.05) is 0 Å². The molecule has 4 heteroatoms. The Bertz CT molecular complexity index is 1670. The molecule has 0 aliphatic heterocycles. The quantitative estimate of drug-likeness (QED) is 0.0991. The molecule has 0 aromatic heterocycles. The summed E-state index contributed by atoms with van der Waals surface area (Å²) in [5, 5.41) is 0. The van der Waals surface area contributed by atoms with Crippen molar-refractivity contribution in [3.63, 3.8) is 0 Å². The molecule has 6 fully saturated rings. The Hall–Kier alpha value is -2.02. The minimum absolute atomic E-state index is 0.0389. The van der Waals surface area contributed by atoms with Gasteiger partial charge in [-0.1, -0.05) is 143 Å². The van der Waals surface area contributed by atoms with Crippen molar-refractivity contribution >= 4 is 11.9 Å². The van der Waals surface area contributed by atoms with Crippen LogP contribution in [0.1, 0.15) is 223 Å². The molecule has 0 spiro atoms. The van der Waals surface area contributed by atoms with E-state index in [2.05, 4.69) is 93.2 Å². The molecular weight excluding hydrogens is 785 g/mol. The normalized spacial score (nSPS) is 42.0. The fourth-order valence-corrected chi connectivity index (χ4v) is 18.2. The molecule has 0 aromatic carbocycles. The smallest absolute Gasteiger partial charge is 0.318 e. The standard InChI is InChI=1S/C60H94O4/c1-39(2)15-13-17-41(5)49-25-27-51-47-23-21-43-37-45(29-33-57(43,7)53(47)31-35-59(49,51)9)63-55(61)19-11-12-20-56(62)64-46-30-34-58(8)44(38-46)22-24-48-52-28-26-50(42(6)18-14-16-40(3)4)60(52,10)36-32-54(48)58/h21-22,39-42,45-54H,13-20,23-38H2,1-10H3. The Kier molecular flexibility index (Phi) is 14.8. The summed E-state index contributed by atoms with van der Waals surface area (Å²) in [5.74, 6) is 15.4. The van der Waals surface area contributed by atoms with Crippen molar-refractivity contribution in [2.45, 2.75) is 236 Å². The Labute approximate surface area is 392 Å². The lowest BCUT2D eigenvalue weighted by atomic mass is 9.47. The monoisotopic (exact) mass is 879 g/mol. The Morgan fingerprint density at radius 2 is 0.953 bits per heavy atom.